The van der Waals surface area contributed by atoms with E-state index in [1.165, 1.54) is 19.1 Å². The average molecular weight is 379 g/mol. The van der Waals surface area contributed by atoms with Crippen LogP contribution in [-0.2, 0) is 0 Å². The Morgan fingerprint density at radius 2 is 1.91 bits per heavy atom. The van der Waals surface area contributed by atoms with Crippen LogP contribution in [0.15, 0.2) is 42.7 Å². The minimum Gasteiger partial charge on any atom is -0.421 e. The second kappa shape index (κ2) is 5.66. The van der Waals surface area contributed by atoms with Crippen molar-refractivity contribution in [2.45, 2.75) is 13.8 Å². The topological polar surface area (TPSA) is 75.1 Å². The van der Waals surface area contributed by atoms with E-state index in [9.17, 15) is 14.0 Å². The lowest BCUT2D eigenvalue weighted by Crippen LogP contribution is -2.16. The number of pyridine rings is 1. The Labute approximate surface area is 138 Å². The van der Waals surface area contributed by atoms with E-state index in [2.05, 4.69) is 26.2 Å². The Balaban J connectivity index is 2.38. The Hall–Kier alpha value is -2.41. The smallest absolute Gasteiger partial charge is 0.341 e. The number of aromatic amines is 1. The lowest BCUT2D eigenvalue weighted by molar-refractivity contribution is 0.553. The maximum atomic E-state index is 13.9. The molecule has 2 aromatic heterocycles. The van der Waals surface area contributed by atoms with Gasteiger partial charge in [-0.15, -0.1) is 0 Å². The van der Waals surface area contributed by atoms with Crippen molar-refractivity contribution in [3.05, 3.63) is 66.6 Å². The molecule has 2 N–H and O–H groups in total. The van der Waals surface area contributed by atoms with E-state index in [0.717, 1.165) is 0 Å². The van der Waals surface area contributed by atoms with Crippen LogP contribution < -0.4 is 16.5 Å². The number of anilines is 2. The molecule has 0 spiro atoms. The van der Waals surface area contributed by atoms with Gasteiger partial charge in [-0.2, -0.15) is 0 Å². The number of hydrogen-bond acceptors (Lipinski definition) is 4. The molecule has 7 heteroatoms. The van der Waals surface area contributed by atoms with Crippen LogP contribution >= 0.6 is 15.9 Å². The number of H-pyrrole nitrogens is 1. The zero-order valence-corrected chi connectivity index (χ0v) is 13.9. The summed E-state index contributed by atoms with van der Waals surface area (Å²) in [6.07, 6.45) is 0. The summed E-state index contributed by atoms with van der Waals surface area (Å²) in [4.78, 5) is 27.1. The molecule has 0 aliphatic carbocycles. The molecule has 3 rings (SSSR count). The maximum absolute atomic E-state index is 13.9. The summed E-state index contributed by atoms with van der Waals surface area (Å²) in [7, 11) is 0. The Bertz CT molecular complexity index is 1040. The maximum Gasteiger partial charge on any atom is 0.341 e. The van der Waals surface area contributed by atoms with Crippen LogP contribution in [0.1, 0.15) is 11.3 Å². The van der Waals surface area contributed by atoms with Gasteiger partial charge < -0.3 is 14.7 Å². The first-order valence-corrected chi connectivity index (χ1v) is 7.56. The van der Waals surface area contributed by atoms with Crippen molar-refractivity contribution < 1.29 is 8.81 Å². The Morgan fingerprint density at radius 3 is 2.61 bits per heavy atom. The molecule has 0 aliphatic heterocycles. The van der Waals surface area contributed by atoms with Crippen LogP contribution in [0.3, 0.4) is 0 Å². The van der Waals surface area contributed by atoms with Gasteiger partial charge in [0.15, 0.2) is 5.58 Å². The van der Waals surface area contributed by atoms with Gasteiger partial charge >= 0.3 is 5.63 Å². The molecule has 0 aliphatic rings. The van der Waals surface area contributed by atoms with Gasteiger partial charge in [-0.1, -0.05) is 12.1 Å². The number of nitrogens with one attached hydrogen (secondary N) is 2. The Morgan fingerprint density at radius 1 is 1.22 bits per heavy atom. The third-order valence-corrected chi connectivity index (χ3v) is 4.50. The van der Waals surface area contributed by atoms with Crippen molar-refractivity contribution in [2.24, 2.45) is 0 Å². The highest BCUT2D eigenvalue weighted by molar-refractivity contribution is 9.10. The molecule has 0 bridgehead atoms. The molecular formula is C16H12BrFN2O3. The predicted molar refractivity (Wildman–Crippen MR) is 90.0 cm³/mol. The average Bonchev–Trinajstić information content (AvgIpc) is 2.51. The predicted octanol–water partition coefficient (Wildman–Crippen LogP) is 3.74. The molecule has 0 fully saturated rings. The van der Waals surface area contributed by atoms with Crippen LogP contribution in [0.25, 0.3) is 11.0 Å². The Kier molecular flexibility index (Phi) is 3.81. The molecule has 1 aromatic carbocycles. The largest absolute Gasteiger partial charge is 0.421 e. The van der Waals surface area contributed by atoms with Crippen LogP contribution in [0.4, 0.5) is 15.8 Å². The molecule has 0 amide bonds. The van der Waals surface area contributed by atoms with E-state index in [1.54, 1.807) is 19.1 Å². The van der Waals surface area contributed by atoms with Crippen molar-refractivity contribution in [2.75, 3.05) is 5.32 Å². The fourth-order valence-corrected chi connectivity index (χ4v) is 2.68. The van der Waals surface area contributed by atoms with Crippen LogP contribution in [0.5, 0.6) is 0 Å². The summed E-state index contributed by atoms with van der Waals surface area (Å²) in [5.41, 5.74) is 0.226. The molecule has 0 radical (unpaired) electrons. The highest BCUT2D eigenvalue weighted by Crippen LogP contribution is 2.31. The van der Waals surface area contributed by atoms with Gasteiger partial charge in [-0.25, -0.2) is 9.18 Å². The van der Waals surface area contributed by atoms with Gasteiger partial charge in [0.2, 0.25) is 0 Å². The summed E-state index contributed by atoms with van der Waals surface area (Å²) >= 11 is 3.30. The molecule has 0 atom stereocenters. The van der Waals surface area contributed by atoms with Crippen molar-refractivity contribution in [3.8, 4) is 0 Å². The van der Waals surface area contributed by atoms with Crippen molar-refractivity contribution in [3.63, 3.8) is 0 Å². The molecule has 3 aromatic rings. The highest BCUT2D eigenvalue weighted by Gasteiger charge is 2.19. The molecule has 0 saturated carbocycles. The van der Waals surface area contributed by atoms with Gasteiger partial charge in [-0.3, -0.25) is 4.79 Å². The quantitative estimate of drug-likeness (QED) is 0.711. The first-order valence-electron chi connectivity index (χ1n) is 6.77. The molecule has 0 unspecified atom stereocenters. The van der Waals surface area contributed by atoms with E-state index in [-0.39, 0.29) is 27.9 Å². The molecular weight excluding hydrogens is 367 g/mol. The number of aromatic nitrogens is 1. The summed E-state index contributed by atoms with van der Waals surface area (Å²) < 4.78 is 19.6. The molecule has 0 saturated heterocycles. The molecule has 2 heterocycles. The fourth-order valence-electron chi connectivity index (χ4n) is 2.31. The molecule has 5 nitrogen and oxygen atoms in total. The van der Waals surface area contributed by atoms with Gasteiger partial charge in [0.1, 0.15) is 11.2 Å². The first-order chi connectivity index (χ1) is 10.9. The van der Waals surface area contributed by atoms with Crippen molar-refractivity contribution in [1.29, 1.82) is 0 Å². The van der Waals surface area contributed by atoms with E-state index >= 15 is 0 Å². The third kappa shape index (κ3) is 2.57. The molecule has 118 valence electrons. The van der Waals surface area contributed by atoms with E-state index < -0.39 is 17.0 Å². The summed E-state index contributed by atoms with van der Waals surface area (Å²) in [5, 5.41) is 2.99. The summed E-state index contributed by atoms with van der Waals surface area (Å²) in [6, 6.07) is 6.01. The van der Waals surface area contributed by atoms with Crippen LogP contribution in [0, 0.1) is 19.7 Å². The second-order valence-electron chi connectivity index (χ2n) is 5.09. The first kappa shape index (κ1) is 15.5. The third-order valence-electron chi connectivity index (χ3n) is 3.54. The van der Waals surface area contributed by atoms with E-state index in [4.69, 9.17) is 4.42 Å². The monoisotopic (exact) mass is 378 g/mol. The fraction of sp³-hybridized carbons (Fsp3) is 0.125. The normalized spacial score (nSPS) is 11.0. The number of aryl methyl sites for hydroxylation is 1. The SMILES string of the molecule is Cc1[nH]c(=O)c2c(Nc3ccccc3F)c(C)c(=O)oc2c1Br. The van der Waals surface area contributed by atoms with Gasteiger partial charge in [0, 0.05) is 5.69 Å². The van der Waals surface area contributed by atoms with Crippen molar-refractivity contribution >= 4 is 38.3 Å². The number of benzene rings is 1. The number of hydrogen-bond donors (Lipinski definition) is 2. The summed E-state index contributed by atoms with van der Waals surface area (Å²) in [6.45, 7) is 3.19. The number of halogens is 2. The zero-order valence-electron chi connectivity index (χ0n) is 12.3. The highest BCUT2D eigenvalue weighted by atomic mass is 79.9. The van der Waals surface area contributed by atoms with Crippen LogP contribution in [0.2, 0.25) is 0 Å². The standard InChI is InChI=1S/C16H12BrFN2O3/c1-7-13(20-10-6-4-3-5-9(10)18)11-14(23-16(7)22)12(17)8(2)19-15(11)21/h3-6,20H,1-2H3,(H,19,21). The minimum atomic E-state index is -0.595. The number of rotatable bonds is 2. The zero-order chi connectivity index (χ0) is 16.7. The number of para-hydroxylation sites is 1. The number of fused-ring (bicyclic) bond motifs is 1. The van der Waals surface area contributed by atoms with E-state index in [1.807, 2.05) is 0 Å². The van der Waals surface area contributed by atoms with Crippen LogP contribution in [-0.4, -0.2) is 4.98 Å². The lowest BCUT2D eigenvalue weighted by Gasteiger charge is -2.13. The lowest BCUT2D eigenvalue weighted by atomic mass is 10.1. The van der Waals surface area contributed by atoms with E-state index in [0.29, 0.717) is 10.2 Å². The molecule has 23 heavy (non-hydrogen) atoms. The minimum absolute atomic E-state index is 0.126. The summed E-state index contributed by atoms with van der Waals surface area (Å²) in [5.74, 6) is -0.490. The van der Waals surface area contributed by atoms with Gasteiger partial charge in [0.25, 0.3) is 5.56 Å². The van der Waals surface area contributed by atoms with Gasteiger partial charge in [0.05, 0.1) is 21.4 Å². The van der Waals surface area contributed by atoms with Crippen molar-refractivity contribution in [1.82, 2.24) is 4.98 Å². The second-order valence-corrected chi connectivity index (χ2v) is 5.88. The van der Waals surface area contributed by atoms with Gasteiger partial charge in [-0.05, 0) is 41.9 Å².